The van der Waals surface area contributed by atoms with Gasteiger partial charge in [-0.3, -0.25) is 4.79 Å². The molecule has 0 bridgehead atoms. The first-order valence-electron chi connectivity index (χ1n) is 7.69. The number of carbonyl (C=O) groups is 1. The molecule has 0 heterocycles. The van der Waals surface area contributed by atoms with E-state index in [4.69, 9.17) is 0 Å². The van der Waals surface area contributed by atoms with Crippen LogP contribution < -0.4 is 0 Å². The summed E-state index contributed by atoms with van der Waals surface area (Å²) in [5.41, 5.74) is 2.45. The van der Waals surface area contributed by atoms with Crippen molar-refractivity contribution < 1.29 is 9.90 Å². The van der Waals surface area contributed by atoms with Gasteiger partial charge in [0.1, 0.15) is 17.4 Å². The topological polar surface area (TPSA) is 73.4 Å². The van der Waals surface area contributed by atoms with Crippen molar-refractivity contribution in [3.63, 3.8) is 0 Å². The zero-order valence-corrected chi connectivity index (χ0v) is 13.4. The summed E-state index contributed by atoms with van der Waals surface area (Å²) in [5, 5.41) is 19.8. The predicted molar refractivity (Wildman–Crippen MR) is 93.6 cm³/mol. The van der Waals surface area contributed by atoms with Gasteiger partial charge in [0.2, 0.25) is 0 Å². The van der Waals surface area contributed by atoms with Crippen LogP contribution in [0.2, 0.25) is 0 Å². The Morgan fingerprint density at radius 1 is 1.08 bits per heavy atom. The summed E-state index contributed by atoms with van der Waals surface area (Å²) < 4.78 is 0. The van der Waals surface area contributed by atoms with Crippen LogP contribution in [0, 0.1) is 11.3 Å². The third-order valence-corrected chi connectivity index (χ3v) is 4.03. The molecule has 1 N–H and O–H groups in total. The second kappa shape index (κ2) is 6.13. The number of allylic oxidation sites excluding steroid dienone is 1. The number of Topliss-reactive ketones (excluding diaryl/α,β-unsaturated/α-hetero) is 1. The number of hydrogen-bond donors (Lipinski definition) is 1. The lowest BCUT2D eigenvalue weighted by atomic mass is 10.0. The summed E-state index contributed by atoms with van der Waals surface area (Å²) in [4.78, 5) is 16.8. The third kappa shape index (κ3) is 2.61. The molecule has 1 aliphatic carbocycles. The van der Waals surface area contributed by atoms with Crippen molar-refractivity contribution in [1.29, 1.82) is 5.26 Å². The maximum absolute atomic E-state index is 12.5. The molecule has 0 radical (unpaired) electrons. The molecule has 1 aliphatic rings. The Kier molecular flexibility index (Phi) is 4.01. The molecular formula is C20H16N2O2. The average molecular weight is 316 g/mol. The van der Waals surface area contributed by atoms with Gasteiger partial charge in [0.15, 0.2) is 11.5 Å². The number of benzene rings is 2. The Hall–Kier alpha value is -3.19. The number of aliphatic hydroxyl groups is 1. The van der Waals surface area contributed by atoms with E-state index in [0.29, 0.717) is 22.7 Å². The fraction of sp³-hybridized carbons (Fsp3) is 0.150. The molecule has 0 aromatic heterocycles. The van der Waals surface area contributed by atoms with E-state index in [1.54, 1.807) is 36.4 Å². The minimum absolute atomic E-state index is 0.0355. The Bertz CT molecular complexity index is 913. The molecule has 0 fully saturated rings. The monoisotopic (exact) mass is 316 g/mol. The summed E-state index contributed by atoms with van der Waals surface area (Å²) in [6, 6.07) is 16.2. The molecule has 2 aromatic rings. The molecule has 0 aliphatic heterocycles. The minimum atomic E-state index is -0.373. The van der Waals surface area contributed by atoms with Crippen LogP contribution in [0.4, 0.5) is 5.69 Å². The van der Waals surface area contributed by atoms with Crippen molar-refractivity contribution in [2.75, 3.05) is 0 Å². The lowest BCUT2D eigenvalue weighted by Gasteiger charge is -2.05. The van der Waals surface area contributed by atoms with Gasteiger partial charge >= 0.3 is 0 Å². The molecule has 0 unspecified atom stereocenters. The lowest BCUT2D eigenvalue weighted by Crippen LogP contribution is -2.08. The quantitative estimate of drug-likeness (QED) is 0.843. The van der Waals surface area contributed by atoms with Crippen LogP contribution in [0.15, 0.2) is 59.1 Å². The molecule has 3 rings (SSSR count). The minimum Gasteiger partial charge on any atom is -0.506 e. The van der Waals surface area contributed by atoms with E-state index in [1.165, 1.54) is 5.56 Å². The zero-order chi connectivity index (χ0) is 17.3. The molecule has 4 nitrogen and oxygen atoms in total. The van der Waals surface area contributed by atoms with Gasteiger partial charge in [-0.15, -0.1) is 0 Å². The van der Waals surface area contributed by atoms with Crippen molar-refractivity contribution in [1.82, 2.24) is 0 Å². The number of aliphatic hydroxyl groups excluding tert-OH is 1. The van der Waals surface area contributed by atoms with Gasteiger partial charge in [0, 0.05) is 11.1 Å². The molecule has 0 saturated carbocycles. The first-order chi connectivity index (χ1) is 11.5. The second-order valence-corrected chi connectivity index (χ2v) is 5.92. The Labute approximate surface area is 140 Å². The van der Waals surface area contributed by atoms with Crippen LogP contribution >= 0.6 is 0 Å². The molecule has 4 heteroatoms. The number of rotatable bonds is 3. The van der Waals surface area contributed by atoms with Crippen molar-refractivity contribution in [2.24, 2.45) is 4.99 Å². The van der Waals surface area contributed by atoms with E-state index in [0.717, 1.165) is 0 Å². The van der Waals surface area contributed by atoms with Crippen molar-refractivity contribution in [3.05, 3.63) is 70.8 Å². The highest BCUT2D eigenvalue weighted by atomic mass is 16.3. The highest BCUT2D eigenvalue weighted by Crippen LogP contribution is 2.32. The predicted octanol–water partition coefficient (Wildman–Crippen LogP) is 4.57. The van der Waals surface area contributed by atoms with E-state index in [9.17, 15) is 15.2 Å². The molecule has 118 valence electrons. The van der Waals surface area contributed by atoms with Gasteiger partial charge in [-0.05, 0) is 23.6 Å². The highest BCUT2D eigenvalue weighted by Gasteiger charge is 2.32. The summed E-state index contributed by atoms with van der Waals surface area (Å²) >= 11 is 0. The standard InChI is InChI=1S/C20H16N2O2/c1-12(2)13-7-9-14(10-8-13)22-17(11-21)18-19(23)15-5-3-4-6-16(15)20(18)24/h3-10,12,23H,1-2H3. The number of ketones is 1. The summed E-state index contributed by atoms with van der Waals surface area (Å²) in [6.07, 6.45) is 0. The van der Waals surface area contributed by atoms with Crippen molar-refractivity contribution >= 4 is 22.9 Å². The molecular weight excluding hydrogens is 300 g/mol. The largest absolute Gasteiger partial charge is 0.506 e. The van der Waals surface area contributed by atoms with Crippen LogP contribution in [0.5, 0.6) is 0 Å². The summed E-state index contributed by atoms with van der Waals surface area (Å²) in [5.74, 6) is -0.159. The number of fused-ring (bicyclic) bond motifs is 1. The molecule has 0 saturated heterocycles. The number of aliphatic imine (C=N–C) groups is 1. The number of nitriles is 1. The molecule has 0 amide bonds. The van der Waals surface area contributed by atoms with Crippen molar-refractivity contribution in [3.8, 4) is 6.07 Å². The molecule has 2 aromatic carbocycles. The summed E-state index contributed by atoms with van der Waals surface area (Å²) in [6.45, 7) is 4.19. The van der Waals surface area contributed by atoms with Crippen LogP contribution in [0.25, 0.3) is 5.76 Å². The van der Waals surface area contributed by atoms with Crippen LogP contribution in [0.3, 0.4) is 0 Å². The number of nitrogens with zero attached hydrogens (tertiary/aromatic N) is 2. The van der Waals surface area contributed by atoms with Gasteiger partial charge in [-0.2, -0.15) is 5.26 Å². The fourth-order valence-electron chi connectivity index (χ4n) is 2.68. The van der Waals surface area contributed by atoms with E-state index >= 15 is 0 Å². The van der Waals surface area contributed by atoms with Crippen LogP contribution in [0.1, 0.15) is 41.3 Å². The maximum atomic E-state index is 12.5. The van der Waals surface area contributed by atoms with E-state index in [1.807, 2.05) is 18.2 Å². The SMILES string of the molecule is CC(C)c1ccc(N=C(C#N)C2=C(O)c3ccccc3C2=O)cc1. The zero-order valence-electron chi connectivity index (χ0n) is 13.4. The Balaban J connectivity index is 2.03. The normalized spacial score (nSPS) is 14.1. The highest BCUT2D eigenvalue weighted by molar-refractivity contribution is 6.39. The van der Waals surface area contributed by atoms with Gasteiger partial charge < -0.3 is 5.11 Å². The molecule has 0 atom stereocenters. The first-order valence-corrected chi connectivity index (χ1v) is 7.69. The molecule has 0 spiro atoms. The van der Waals surface area contributed by atoms with E-state index in [2.05, 4.69) is 18.8 Å². The third-order valence-electron chi connectivity index (χ3n) is 4.03. The first kappa shape index (κ1) is 15.7. The van der Waals surface area contributed by atoms with Crippen molar-refractivity contribution in [2.45, 2.75) is 19.8 Å². The fourth-order valence-corrected chi connectivity index (χ4v) is 2.68. The van der Waals surface area contributed by atoms with E-state index < -0.39 is 0 Å². The lowest BCUT2D eigenvalue weighted by molar-refractivity contribution is 0.104. The number of hydrogen-bond acceptors (Lipinski definition) is 4. The van der Waals surface area contributed by atoms with E-state index in [-0.39, 0.29) is 22.8 Å². The second-order valence-electron chi connectivity index (χ2n) is 5.92. The van der Waals surface area contributed by atoms with Crippen LogP contribution in [-0.4, -0.2) is 16.6 Å². The molecule has 24 heavy (non-hydrogen) atoms. The van der Waals surface area contributed by atoms with Crippen LogP contribution in [-0.2, 0) is 0 Å². The van der Waals surface area contributed by atoms with Gasteiger partial charge in [0.25, 0.3) is 0 Å². The van der Waals surface area contributed by atoms with Gasteiger partial charge in [-0.25, -0.2) is 4.99 Å². The summed E-state index contributed by atoms with van der Waals surface area (Å²) in [7, 11) is 0. The van der Waals surface area contributed by atoms with Gasteiger partial charge in [-0.1, -0.05) is 50.2 Å². The number of carbonyl (C=O) groups excluding carboxylic acids is 1. The van der Waals surface area contributed by atoms with Gasteiger partial charge in [0.05, 0.1) is 5.69 Å². The average Bonchev–Trinajstić information content (AvgIpc) is 2.85. The maximum Gasteiger partial charge on any atom is 0.200 e. The Morgan fingerprint density at radius 2 is 1.71 bits per heavy atom. The smallest absolute Gasteiger partial charge is 0.200 e. The Morgan fingerprint density at radius 3 is 2.25 bits per heavy atom.